The molecule has 0 aliphatic carbocycles. The van der Waals surface area contributed by atoms with E-state index < -0.39 is 0 Å². The number of amides is 1. The SMILES string of the molecule is CC1OCCC1NC(=O)CC#N. The zero-order valence-corrected chi connectivity index (χ0v) is 7.04. The molecule has 0 aromatic carbocycles. The Morgan fingerprint density at radius 3 is 3.08 bits per heavy atom. The Morgan fingerprint density at radius 2 is 2.58 bits per heavy atom. The van der Waals surface area contributed by atoms with Gasteiger partial charge in [0.25, 0.3) is 0 Å². The fourth-order valence-corrected chi connectivity index (χ4v) is 1.25. The molecule has 1 aliphatic heterocycles. The summed E-state index contributed by atoms with van der Waals surface area (Å²) in [6.45, 7) is 2.61. The predicted molar refractivity (Wildman–Crippen MR) is 42.2 cm³/mol. The second-order valence-corrected chi connectivity index (χ2v) is 2.87. The molecular formula is C8H12N2O2. The second kappa shape index (κ2) is 4.07. The number of nitrogens with zero attached hydrogens (tertiary/aromatic N) is 1. The fourth-order valence-electron chi connectivity index (χ4n) is 1.25. The van der Waals surface area contributed by atoms with Gasteiger partial charge in [0.1, 0.15) is 6.42 Å². The normalized spacial score (nSPS) is 28.0. The van der Waals surface area contributed by atoms with Crippen molar-refractivity contribution in [2.24, 2.45) is 0 Å². The summed E-state index contributed by atoms with van der Waals surface area (Å²) in [6.07, 6.45) is 0.856. The third-order valence-corrected chi connectivity index (χ3v) is 1.96. The molecule has 0 spiro atoms. The number of hydrogen-bond acceptors (Lipinski definition) is 3. The molecule has 66 valence electrons. The van der Waals surface area contributed by atoms with Crippen molar-refractivity contribution in [1.29, 1.82) is 5.26 Å². The van der Waals surface area contributed by atoms with Crippen molar-refractivity contribution in [1.82, 2.24) is 5.32 Å². The number of nitriles is 1. The monoisotopic (exact) mass is 168 g/mol. The standard InChI is InChI=1S/C8H12N2O2/c1-6-7(3-5-12-6)10-8(11)2-4-9/h6-7H,2-3,5H2,1H3,(H,10,11). The van der Waals surface area contributed by atoms with Crippen LogP contribution in [0.1, 0.15) is 19.8 Å². The van der Waals surface area contributed by atoms with E-state index in [1.54, 1.807) is 6.07 Å². The van der Waals surface area contributed by atoms with E-state index in [2.05, 4.69) is 5.32 Å². The molecule has 1 saturated heterocycles. The first-order valence-electron chi connectivity index (χ1n) is 4.02. The van der Waals surface area contributed by atoms with Gasteiger partial charge in [-0.15, -0.1) is 0 Å². The van der Waals surface area contributed by atoms with Crippen molar-refractivity contribution in [2.45, 2.75) is 31.9 Å². The van der Waals surface area contributed by atoms with Gasteiger partial charge < -0.3 is 10.1 Å². The van der Waals surface area contributed by atoms with Gasteiger partial charge in [-0.1, -0.05) is 0 Å². The molecule has 0 radical (unpaired) electrons. The van der Waals surface area contributed by atoms with Crippen LogP contribution >= 0.6 is 0 Å². The minimum Gasteiger partial charge on any atom is -0.376 e. The van der Waals surface area contributed by atoms with Crippen molar-refractivity contribution in [3.8, 4) is 6.07 Å². The first-order chi connectivity index (χ1) is 5.74. The van der Waals surface area contributed by atoms with E-state index in [0.717, 1.165) is 6.42 Å². The number of carbonyl (C=O) groups is 1. The maximum absolute atomic E-state index is 11.0. The van der Waals surface area contributed by atoms with E-state index in [1.807, 2.05) is 6.92 Å². The topological polar surface area (TPSA) is 62.1 Å². The molecule has 2 atom stereocenters. The van der Waals surface area contributed by atoms with Gasteiger partial charge in [0.15, 0.2) is 0 Å². The molecule has 1 fully saturated rings. The average Bonchev–Trinajstić information content (AvgIpc) is 2.37. The third kappa shape index (κ3) is 2.21. The summed E-state index contributed by atoms with van der Waals surface area (Å²) < 4.78 is 5.25. The maximum atomic E-state index is 11.0. The molecular weight excluding hydrogens is 156 g/mol. The minimum atomic E-state index is -0.208. The Hall–Kier alpha value is -1.08. The quantitative estimate of drug-likeness (QED) is 0.640. The zero-order valence-electron chi connectivity index (χ0n) is 7.04. The maximum Gasteiger partial charge on any atom is 0.234 e. The Balaban J connectivity index is 2.31. The van der Waals surface area contributed by atoms with Crippen LogP contribution in [0.3, 0.4) is 0 Å². The summed E-state index contributed by atoms with van der Waals surface area (Å²) in [5, 5.41) is 11.0. The molecule has 0 bridgehead atoms. The van der Waals surface area contributed by atoms with Crippen LogP contribution in [0.5, 0.6) is 0 Å². The van der Waals surface area contributed by atoms with E-state index in [1.165, 1.54) is 0 Å². The number of ether oxygens (including phenoxy) is 1. The van der Waals surface area contributed by atoms with Crippen LogP contribution in [0.15, 0.2) is 0 Å². The lowest BCUT2D eigenvalue weighted by molar-refractivity contribution is -0.121. The average molecular weight is 168 g/mol. The Labute approximate surface area is 71.5 Å². The number of nitrogens with one attached hydrogen (secondary N) is 1. The van der Waals surface area contributed by atoms with Gasteiger partial charge in [0, 0.05) is 6.61 Å². The highest BCUT2D eigenvalue weighted by atomic mass is 16.5. The summed E-state index contributed by atoms with van der Waals surface area (Å²) in [5.74, 6) is -0.208. The van der Waals surface area contributed by atoms with Crippen LogP contribution in [-0.4, -0.2) is 24.7 Å². The van der Waals surface area contributed by atoms with Crippen molar-refractivity contribution in [3.05, 3.63) is 0 Å². The highest BCUT2D eigenvalue weighted by Gasteiger charge is 2.25. The molecule has 0 aromatic heterocycles. The number of rotatable bonds is 2. The van der Waals surface area contributed by atoms with E-state index in [0.29, 0.717) is 6.61 Å². The molecule has 4 heteroatoms. The van der Waals surface area contributed by atoms with E-state index in [4.69, 9.17) is 10.00 Å². The molecule has 2 unspecified atom stereocenters. The number of hydrogen-bond donors (Lipinski definition) is 1. The molecule has 1 rings (SSSR count). The molecule has 1 aliphatic rings. The molecule has 0 saturated carbocycles. The van der Waals surface area contributed by atoms with Gasteiger partial charge in [-0.2, -0.15) is 5.26 Å². The van der Waals surface area contributed by atoms with Crippen molar-refractivity contribution in [3.63, 3.8) is 0 Å². The molecule has 4 nitrogen and oxygen atoms in total. The lowest BCUT2D eigenvalue weighted by Crippen LogP contribution is -2.38. The van der Waals surface area contributed by atoms with Crippen LogP contribution in [0.25, 0.3) is 0 Å². The first-order valence-corrected chi connectivity index (χ1v) is 4.02. The van der Waals surface area contributed by atoms with Gasteiger partial charge in [-0.25, -0.2) is 0 Å². The van der Waals surface area contributed by atoms with E-state index in [9.17, 15) is 4.79 Å². The largest absolute Gasteiger partial charge is 0.376 e. The molecule has 12 heavy (non-hydrogen) atoms. The van der Waals surface area contributed by atoms with Crippen molar-refractivity contribution in [2.75, 3.05) is 6.61 Å². The highest BCUT2D eigenvalue weighted by molar-refractivity contribution is 5.78. The van der Waals surface area contributed by atoms with Gasteiger partial charge in [0.05, 0.1) is 18.2 Å². The van der Waals surface area contributed by atoms with Crippen LogP contribution in [0, 0.1) is 11.3 Å². The molecule has 1 N–H and O–H groups in total. The fraction of sp³-hybridized carbons (Fsp3) is 0.750. The third-order valence-electron chi connectivity index (χ3n) is 1.96. The van der Waals surface area contributed by atoms with E-state index in [-0.39, 0.29) is 24.5 Å². The van der Waals surface area contributed by atoms with Crippen LogP contribution in [0.4, 0.5) is 0 Å². The van der Waals surface area contributed by atoms with Crippen LogP contribution < -0.4 is 5.32 Å². The molecule has 1 heterocycles. The summed E-state index contributed by atoms with van der Waals surface area (Å²) >= 11 is 0. The van der Waals surface area contributed by atoms with E-state index >= 15 is 0 Å². The Morgan fingerprint density at radius 1 is 1.83 bits per heavy atom. The lowest BCUT2D eigenvalue weighted by Gasteiger charge is -2.14. The first kappa shape index (κ1) is 9.01. The van der Waals surface area contributed by atoms with Crippen molar-refractivity contribution >= 4 is 5.91 Å². The molecule has 1 amide bonds. The van der Waals surface area contributed by atoms with Gasteiger partial charge >= 0.3 is 0 Å². The smallest absolute Gasteiger partial charge is 0.234 e. The zero-order chi connectivity index (χ0) is 8.97. The highest BCUT2D eigenvalue weighted by Crippen LogP contribution is 2.12. The summed E-state index contributed by atoms with van der Waals surface area (Å²) in [6, 6.07) is 1.89. The Bertz CT molecular complexity index is 210. The van der Waals surface area contributed by atoms with Gasteiger partial charge in [-0.3, -0.25) is 4.79 Å². The van der Waals surface area contributed by atoms with Crippen LogP contribution in [0.2, 0.25) is 0 Å². The molecule has 0 aromatic rings. The van der Waals surface area contributed by atoms with Crippen LogP contribution in [-0.2, 0) is 9.53 Å². The summed E-state index contributed by atoms with van der Waals surface area (Å²) in [4.78, 5) is 11.0. The Kier molecular flexibility index (Phi) is 3.06. The minimum absolute atomic E-state index is 0.0663. The second-order valence-electron chi connectivity index (χ2n) is 2.87. The summed E-state index contributed by atoms with van der Waals surface area (Å²) in [5.41, 5.74) is 0. The van der Waals surface area contributed by atoms with Crippen molar-refractivity contribution < 1.29 is 9.53 Å². The predicted octanol–water partition coefficient (Wildman–Crippen LogP) is 0.194. The van der Waals surface area contributed by atoms with Gasteiger partial charge in [0.2, 0.25) is 5.91 Å². The number of carbonyl (C=O) groups excluding carboxylic acids is 1. The van der Waals surface area contributed by atoms with Gasteiger partial charge in [-0.05, 0) is 13.3 Å². The summed E-state index contributed by atoms with van der Waals surface area (Å²) in [7, 11) is 0. The lowest BCUT2D eigenvalue weighted by atomic mass is 10.1.